The Morgan fingerprint density at radius 1 is 0.938 bits per heavy atom. The first kappa shape index (κ1) is 23.6. The van der Waals surface area contributed by atoms with Crippen molar-refractivity contribution in [2.45, 2.75) is 25.7 Å². The summed E-state index contributed by atoms with van der Waals surface area (Å²) in [6.45, 7) is 6.32. The Morgan fingerprint density at radius 3 is 2.41 bits per heavy atom. The summed E-state index contributed by atoms with van der Waals surface area (Å²) in [5, 5.41) is 2.76. The number of benzene rings is 3. The maximum Gasteiger partial charge on any atom is 0.263 e. The Bertz CT molecular complexity index is 1240. The van der Waals surface area contributed by atoms with Crippen LogP contribution in [0.25, 0.3) is 0 Å². The summed E-state index contributed by atoms with van der Waals surface area (Å²) in [4.78, 5) is 12.4. The van der Waals surface area contributed by atoms with Crippen molar-refractivity contribution >= 4 is 33.2 Å². The molecule has 6 nitrogen and oxygen atoms in total. The van der Waals surface area contributed by atoms with Gasteiger partial charge in [0.15, 0.2) is 0 Å². The number of anilines is 1. The standard InChI is InChI=1S/C24H25ClN2O4S/c1-16-8-10-20(14-18(16)3)27-32(29,30)23-15-19(9-11-21(23)25)24(28)26-12-13-31-22-7-5-4-6-17(22)2/h4-11,14-15,27H,12-13H2,1-3H3,(H,26,28). The highest BCUT2D eigenvalue weighted by atomic mass is 35.5. The summed E-state index contributed by atoms with van der Waals surface area (Å²) in [5.74, 6) is 0.330. The van der Waals surface area contributed by atoms with Gasteiger partial charge >= 0.3 is 0 Å². The normalized spacial score (nSPS) is 11.1. The monoisotopic (exact) mass is 472 g/mol. The number of sulfonamides is 1. The van der Waals surface area contributed by atoms with E-state index in [1.54, 1.807) is 12.1 Å². The topological polar surface area (TPSA) is 84.5 Å². The van der Waals surface area contributed by atoms with Crippen LogP contribution in [0, 0.1) is 20.8 Å². The molecule has 0 fully saturated rings. The van der Waals surface area contributed by atoms with Crippen LogP contribution in [-0.2, 0) is 10.0 Å². The third kappa shape index (κ3) is 5.81. The molecular weight excluding hydrogens is 448 g/mol. The van der Waals surface area contributed by atoms with Gasteiger partial charge in [-0.15, -0.1) is 0 Å². The number of para-hydroxylation sites is 1. The van der Waals surface area contributed by atoms with Crippen LogP contribution in [0.15, 0.2) is 65.6 Å². The number of rotatable bonds is 8. The highest BCUT2D eigenvalue weighted by molar-refractivity contribution is 7.92. The van der Waals surface area contributed by atoms with E-state index >= 15 is 0 Å². The molecule has 2 N–H and O–H groups in total. The van der Waals surface area contributed by atoms with Gasteiger partial charge in [0.1, 0.15) is 17.3 Å². The molecule has 8 heteroatoms. The predicted molar refractivity (Wildman–Crippen MR) is 127 cm³/mol. The van der Waals surface area contributed by atoms with Crippen molar-refractivity contribution in [2.24, 2.45) is 0 Å². The van der Waals surface area contributed by atoms with Crippen molar-refractivity contribution in [2.75, 3.05) is 17.9 Å². The lowest BCUT2D eigenvalue weighted by Crippen LogP contribution is -2.28. The number of hydrogen-bond donors (Lipinski definition) is 2. The van der Waals surface area contributed by atoms with Gasteiger partial charge in [-0.25, -0.2) is 8.42 Å². The number of ether oxygens (including phenoxy) is 1. The zero-order valence-corrected chi connectivity index (χ0v) is 19.7. The number of hydrogen-bond acceptors (Lipinski definition) is 4. The molecule has 3 aromatic rings. The Labute approximate surface area is 193 Å². The smallest absolute Gasteiger partial charge is 0.263 e. The fraction of sp³-hybridized carbons (Fsp3) is 0.208. The first-order valence-electron chi connectivity index (χ1n) is 10.0. The summed E-state index contributed by atoms with van der Waals surface area (Å²) < 4.78 is 34.0. The first-order valence-corrected chi connectivity index (χ1v) is 11.9. The molecule has 0 aliphatic carbocycles. The van der Waals surface area contributed by atoms with Crippen LogP contribution in [0.2, 0.25) is 5.02 Å². The lowest BCUT2D eigenvalue weighted by molar-refractivity contribution is 0.0946. The van der Waals surface area contributed by atoms with Gasteiger partial charge in [-0.05, 0) is 73.9 Å². The molecule has 0 aromatic heterocycles. The van der Waals surface area contributed by atoms with E-state index in [1.807, 2.05) is 51.1 Å². The summed E-state index contributed by atoms with van der Waals surface area (Å²) in [6, 6.07) is 17.0. The van der Waals surface area contributed by atoms with Crippen molar-refractivity contribution in [1.29, 1.82) is 0 Å². The summed E-state index contributed by atoms with van der Waals surface area (Å²) in [6.07, 6.45) is 0. The van der Waals surface area contributed by atoms with Gasteiger partial charge in [0.25, 0.3) is 15.9 Å². The Morgan fingerprint density at radius 2 is 1.69 bits per heavy atom. The lowest BCUT2D eigenvalue weighted by Gasteiger charge is -2.13. The Balaban J connectivity index is 1.68. The van der Waals surface area contributed by atoms with Gasteiger partial charge < -0.3 is 10.1 Å². The minimum absolute atomic E-state index is 0.0285. The first-order chi connectivity index (χ1) is 15.2. The van der Waals surface area contributed by atoms with Crippen LogP contribution in [0.3, 0.4) is 0 Å². The van der Waals surface area contributed by atoms with Gasteiger partial charge in [0.05, 0.1) is 11.6 Å². The van der Waals surface area contributed by atoms with Crippen molar-refractivity contribution < 1.29 is 17.9 Å². The minimum atomic E-state index is -3.98. The molecule has 0 aliphatic heterocycles. The van der Waals surface area contributed by atoms with E-state index in [9.17, 15) is 13.2 Å². The molecule has 0 radical (unpaired) electrons. The molecular formula is C24H25ClN2O4S. The largest absolute Gasteiger partial charge is 0.491 e. The number of amides is 1. The second kappa shape index (κ2) is 10.1. The predicted octanol–water partition coefficient (Wildman–Crippen LogP) is 4.87. The van der Waals surface area contributed by atoms with Crippen LogP contribution in [0.5, 0.6) is 5.75 Å². The molecule has 0 saturated carbocycles. The maximum atomic E-state index is 12.9. The zero-order chi connectivity index (χ0) is 23.3. The molecule has 3 aromatic carbocycles. The minimum Gasteiger partial charge on any atom is -0.491 e. The van der Waals surface area contributed by atoms with E-state index in [2.05, 4.69) is 10.0 Å². The molecule has 0 bridgehead atoms. The molecule has 168 valence electrons. The Hall–Kier alpha value is -3.03. The van der Waals surface area contributed by atoms with Crippen molar-refractivity contribution in [3.63, 3.8) is 0 Å². The van der Waals surface area contributed by atoms with Gasteiger partial charge in [-0.2, -0.15) is 0 Å². The average molecular weight is 473 g/mol. The number of carbonyl (C=O) groups excluding carboxylic acids is 1. The van der Waals surface area contributed by atoms with Gasteiger partial charge in [0.2, 0.25) is 0 Å². The zero-order valence-electron chi connectivity index (χ0n) is 18.1. The summed E-state index contributed by atoms with van der Waals surface area (Å²) in [7, 11) is -3.98. The second-order valence-corrected chi connectivity index (χ2v) is 9.48. The fourth-order valence-corrected chi connectivity index (χ4v) is 4.59. The van der Waals surface area contributed by atoms with E-state index in [0.717, 1.165) is 22.4 Å². The molecule has 0 heterocycles. The van der Waals surface area contributed by atoms with Crippen LogP contribution in [0.4, 0.5) is 5.69 Å². The number of aryl methyl sites for hydroxylation is 3. The summed E-state index contributed by atoms with van der Waals surface area (Å²) >= 11 is 6.15. The third-order valence-corrected chi connectivity index (χ3v) is 6.84. The van der Waals surface area contributed by atoms with Crippen LogP contribution in [0.1, 0.15) is 27.0 Å². The highest BCUT2D eigenvalue weighted by Gasteiger charge is 2.20. The van der Waals surface area contributed by atoms with E-state index < -0.39 is 15.9 Å². The molecule has 0 saturated heterocycles. The third-order valence-electron chi connectivity index (χ3n) is 4.98. The van der Waals surface area contributed by atoms with Crippen molar-refractivity contribution in [3.05, 3.63) is 87.9 Å². The molecule has 0 aliphatic rings. The number of halogens is 1. The van der Waals surface area contributed by atoms with Crippen LogP contribution >= 0.6 is 11.6 Å². The quantitative estimate of drug-likeness (QED) is 0.458. The Kier molecular flexibility index (Phi) is 7.43. The van der Waals surface area contributed by atoms with Gasteiger partial charge in [0, 0.05) is 11.3 Å². The number of carbonyl (C=O) groups is 1. The highest BCUT2D eigenvalue weighted by Crippen LogP contribution is 2.26. The fourth-order valence-electron chi connectivity index (χ4n) is 3.01. The van der Waals surface area contributed by atoms with Gasteiger partial charge in [-0.1, -0.05) is 35.9 Å². The number of nitrogens with one attached hydrogen (secondary N) is 2. The molecule has 0 spiro atoms. The molecule has 1 amide bonds. The van der Waals surface area contributed by atoms with E-state index in [0.29, 0.717) is 5.69 Å². The van der Waals surface area contributed by atoms with Gasteiger partial charge in [-0.3, -0.25) is 9.52 Å². The van der Waals surface area contributed by atoms with Crippen molar-refractivity contribution in [1.82, 2.24) is 5.32 Å². The molecule has 32 heavy (non-hydrogen) atoms. The average Bonchev–Trinajstić information content (AvgIpc) is 2.75. The van der Waals surface area contributed by atoms with E-state index in [1.165, 1.54) is 18.2 Å². The molecule has 0 atom stereocenters. The SMILES string of the molecule is Cc1ccc(NS(=O)(=O)c2cc(C(=O)NCCOc3ccccc3C)ccc2Cl)cc1C. The van der Waals surface area contributed by atoms with E-state index in [-0.39, 0.29) is 28.6 Å². The lowest BCUT2D eigenvalue weighted by atomic mass is 10.1. The molecule has 0 unspecified atom stereocenters. The summed E-state index contributed by atoms with van der Waals surface area (Å²) in [5.41, 5.74) is 3.62. The van der Waals surface area contributed by atoms with E-state index in [4.69, 9.17) is 16.3 Å². The van der Waals surface area contributed by atoms with Crippen LogP contribution < -0.4 is 14.8 Å². The maximum absolute atomic E-state index is 12.9. The van der Waals surface area contributed by atoms with Crippen LogP contribution in [-0.4, -0.2) is 27.5 Å². The molecule has 3 rings (SSSR count). The second-order valence-electron chi connectivity index (χ2n) is 7.42. The van der Waals surface area contributed by atoms with Crippen molar-refractivity contribution in [3.8, 4) is 5.75 Å².